The van der Waals surface area contributed by atoms with Crippen molar-refractivity contribution in [2.45, 2.75) is 13.1 Å². The molecule has 1 aromatic rings. The smallest absolute Gasteiger partial charge is 0.277 e. The molecule has 0 fully saturated rings. The highest BCUT2D eigenvalue weighted by atomic mass is 32.2. The molecule has 7 heteroatoms. The molecule has 0 radical (unpaired) electrons. The molecule has 18 heavy (non-hydrogen) atoms. The minimum atomic E-state index is -3.50. The number of hydrogen-bond donors (Lipinski definition) is 3. The van der Waals surface area contributed by atoms with E-state index in [4.69, 9.17) is 10.5 Å². The number of nitrogens with one attached hydrogen (secondary N) is 2. The van der Waals surface area contributed by atoms with E-state index in [1.54, 1.807) is 0 Å². The van der Waals surface area contributed by atoms with Crippen molar-refractivity contribution in [2.75, 3.05) is 20.3 Å². The summed E-state index contributed by atoms with van der Waals surface area (Å²) in [6, 6.07) is 7.44. The van der Waals surface area contributed by atoms with Gasteiger partial charge in [0.05, 0.1) is 6.61 Å². The first kappa shape index (κ1) is 15.1. The Balaban J connectivity index is 2.53. The molecule has 102 valence electrons. The van der Waals surface area contributed by atoms with Gasteiger partial charge in [0.1, 0.15) is 0 Å². The maximum atomic E-state index is 11.6. The van der Waals surface area contributed by atoms with Crippen molar-refractivity contribution in [1.29, 1.82) is 0 Å². The Morgan fingerprint density at radius 3 is 2.50 bits per heavy atom. The summed E-state index contributed by atoms with van der Waals surface area (Å²) in [6.45, 7) is 1.18. The zero-order valence-electron chi connectivity index (χ0n) is 10.3. The Hall–Kier alpha value is -0.990. The fourth-order valence-electron chi connectivity index (χ4n) is 1.43. The number of nitrogens with two attached hydrogens (primary N) is 1. The average molecular weight is 273 g/mol. The Labute approximate surface area is 108 Å². The van der Waals surface area contributed by atoms with Crippen molar-refractivity contribution in [1.82, 2.24) is 9.44 Å². The fourth-order valence-corrected chi connectivity index (χ4v) is 2.23. The van der Waals surface area contributed by atoms with Gasteiger partial charge in [-0.1, -0.05) is 24.3 Å². The minimum Gasteiger partial charge on any atom is -0.383 e. The first-order valence-electron chi connectivity index (χ1n) is 5.59. The molecule has 0 heterocycles. The van der Waals surface area contributed by atoms with Gasteiger partial charge in [0.25, 0.3) is 10.2 Å². The highest BCUT2D eigenvalue weighted by Crippen LogP contribution is 2.07. The Bertz CT molecular complexity index is 462. The number of hydrogen-bond acceptors (Lipinski definition) is 4. The summed E-state index contributed by atoms with van der Waals surface area (Å²) in [4.78, 5) is 0. The van der Waals surface area contributed by atoms with Crippen LogP contribution in [0.4, 0.5) is 0 Å². The molecule has 4 N–H and O–H groups in total. The summed E-state index contributed by atoms with van der Waals surface area (Å²) in [7, 11) is -1.98. The van der Waals surface area contributed by atoms with Crippen LogP contribution in [0.2, 0.25) is 0 Å². The summed E-state index contributed by atoms with van der Waals surface area (Å²) in [5, 5.41) is 0. The highest BCUT2D eigenvalue weighted by molar-refractivity contribution is 7.87. The maximum Gasteiger partial charge on any atom is 0.277 e. The van der Waals surface area contributed by atoms with Crippen LogP contribution in [0.15, 0.2) is 24.3 Å². The topological polar surface area (TPSA) is 93.4 Å². The third kappa shape index (κ3) is 5.11. The third-order valence-electron chi connectivity index (χ3n) is 2.39. The average Bonchev–Trinajstić information content (AvgIpc) is 2.37. The molecule has 0 spiro atoms. The SMILES string of the molecule is COCCNS(=O)(=O)NCc1ccccc1CN. The van der Waals surface area contributed by atoms with Crippen LogP contribution in [0.5, 0.6) is 0 Å². The summed E-state index contributed by atoms with van der Waals surface area (Å²) in [5.74, 6) is 0. The number of methoxy groups -OCH3 is 1. The Kier molecular flexibility index (Phi) is 6.23. The van der Waals surface area contributed by atoms with Crippen molar-refractivity contribution in [3.05, 3.63) is 35.4 Å². The van der Waals surface area contributed by atoms with Crippen molar-refractivity contribution in [2.24, 2.45) is 5.73 Å². The third-order valence-corrected chi connectivity index (χ3v) is 3.50. The highest BCUT2D eigenvalue weighted by Gasteiger charge is 2.09. The van der Waals surface area contributed by atoms with Gasteiger partial charge in [-0.05, 0) is 11.1 Å². The second-order valence-electron chi connectivity index (χ2n) is 3.68. The van der Waals surface area contributed by atoms with Crippen LogP contribution in [0, 0.1) is 0 Å². The fraction of sp³-hybridized carbons (Fsp3) is 0.455. The summed E-state index contributed by atoms with van der Waals surface area (Å²) in [5.41, 5.74) is 7.38. The van der Waals surface area contributed by atoms with Crippen LogP contribution in [0.25, 0.3) is 0 Å². The van der Waals surface area contributed by atoms with Crippen molar-refractivity contribution in [3.63, 3.8) is 0 Å². The van der Waals surface area contributed by atoms with E-state index < -0.39 is 10.2 Å². The summed E-state index contributed by atoms with van der Waals surface area (Å²) >= 11 is 0. The van der Waals surface area contributed by atoms with Crippen molar-refractivity contribution >= 4 is 10.2 Å². The molecule has 0 aliphatic heterocycles. The molecule has 0 atom stereocenters. The van der Waals surface area contributed by atoms with Crippen LogP contribution < -0.4 is 15.2 Å². The second-order valence-corrected chi connectivity index (χ2v) is 5.27. The van der Waals surface area contributed by atoms with E-state index in [-0.39, 0.29) is 13.1 Å². The van der Waals surface area contributed by atoms with Crippen LogP contribution in [-0.4, -0.2) is 28.7 Å². The lowest BCUT2D eigenvalue weighted by Gasteiger charge is -2.10. The maximum absolute atomic E-state index is 11.6. The van der Waals surface area contributed by atoms with Gasteiger partial charge < -0.3 is 10.5 Å². The van der Waals surface area contributed by atoms with E-state index >= 15 is 0 Å². The van der Waals surface area contributed by atoms with Gasteiger partial charge in [0, 0.05) is 26.7 Å². The second kappa shape index (κ2) is 7.45. The lowest BCUT2D eigenvalue weighted by molar-refractivity contribution is 0.204. The molecule has 0 bridgehead atoms. The Morgan fingerprint density at radius 1 is 1.22 bits per heavy atom. The van der Waals surface area contributed by atoms with E-state index in [1.807, 2.05) is 24.3 Å². The van der Waals surface area contributed by atoms with Crippen LogP contribution in [-0.2, 0) is 28.0 Å². The molecule has 0 aliphatic carbocycles. The van der Waals surface area contributed by atoms with Gasteiger partial charge in [-0.25, -0.2) is 0 Å². The number of ether oxygens (including phenoxy) is 1. The van der Waals surface area contributed by atoms with Crippen LogP contribution in [0.1, 0.15) is 11.1 Å². The van der Waals surface area contributed by atoms with E-state index in [0.717, 1.165) is 11.1 Å². The predicted octanol–water partition coefficient (Wildman–Crippen LogP) is -0.284. The normalized spacial score (nSPS) is 11.7. The van der Waals surface area contributed by atoms with E-state index in [2.05, 4.69) is 9.44 Å². The van der Waals surface area contributed by atoms with Gasteiger partial charge >= 0.3 is 0 Å². The molecule has 1 rings (SSSR count). The van der Waals surface area contributed by atoms with Gasteiger partial charge in [-0.2, -0.15) is 17.9 Å². The molecule has 0 aromatic heterocycles. The molecule has 0 saturated heterocycles. The van der Waals surface area contributed by atoms with Crippen molar-refractivity contribution in [3.8, 4) is 0 Å². The molecule has 6 nitrogen and oxygen atoms in total. The van der Waals surface area contributed by atoms with E-state index in [9.17, 15) is 8.42 Å². The lowest BCUT2D eigenvalue weighted by atomic mass is 10.1. The van der Waals surface area contributed by atoms with Crippen molar-refractivity contribution < 1.29 is 13.2 Å². The Morgan fingerprint density at radius 2 is 1.89 bits per heavy atom. The van der Waals surface area contributed by atoms with Gasteiger partial charge in [-0.3, -0.25) is 0 Å². The lowest BCUT2D eigenvalue weighted by Crippen LogP contribution is -2.38. The largest absolute Gasteiger partial charge is 0.383 e. The summed E-state index contributed by atoms with van der Waals surface area (Å²) in [6.07, 6.45) is 0. The van der Waals surface area contributed by atoms with Gasteiger partial charge in [-0.15, -0.1) is 0 Å². The van der Waals surface area contributed by atoms with E-state index in [1.165, 1.54) is 7.11 Å². The molecule has 0 amide bonds. The molecular weight excluding hydrogens is 254 g/mol. The zero-order valence-corrected chi connectivity index (χ0v) is 11.2. The molecule has 0 aliphatic rings. The van der Waals surface area contributed by atoms with Gasteiger partial charge in [0.2, 0.25) is 0 Å². The molecule has 1 aromatic carbocycles. The van der Waals surface area contributed by atoms with Gasteiger partial charge in [0.15, 0.2) is 0 Å². The van der Waals surface area contributed by atoms with Crippen LogP contribution in [0.3, 0.4) is 0 Å². The quantitative estimate of drug-likeness (QED) is 0.568. The molecule has 0 unspecified atom stereocenters. The minimum absolute atomic E-state index is 0.218. The number of rotatable bonds is 8. The van der Waals surface area contributed by atoms with E-state index in [0.29, 0.717) is 13.2 Å². The number of benzene rings is 1. The molecular formula is C11H19N3O3S. The predicted molar refractivity (Wildman–Crippen MR) is 70.0 cm³/mol. The standard InChI is InChI=1S/C11H19N3O3S/c1-17-7-6-13-18(15,16)14-9-11-5-3-2-4-10(11)8-12/h2-5,13-14H,6-9,12H2,1H3. The zero-order chi connectivity index (χ0) is 13.4. The first-order chi connectivity index (χ1) is 8.59. The monoisotopic (exact) mass is 273 g/mol. The van der Waals surface area contributed by atoms with Crippen LogP contribution >= 0.6 is 0 Å². The summed E-state index contributed by atoms with van der Waals surface area (Å²) < 4.78 is 32.7. The molecule has 0 saturated carbocycles. The first-order valence-corrected chi connectivity index (χ1v) is 7.07.